The summed E-state index contributed by atoms with van der Waals surface area (Å²) >= 11 is 12.1. The zero-order chi connectivity index (χ0) is 12.3. The third-order valence-electron chi connectivity index (χ3n) is 2.19. The Kier molecular flexibility index (Phi) is 4.70. The Balaban J connectivity index is 2.69. The number of rotatable bonds is 4. The summed E-state index contributed by atoms with van der Waals surface area (Å²) < 4.78 is 0. The number of hydrogen-bond acceptors (Lipinski definition) is 3. The molecule has 1 heterocycles. The van der Waals surface area contributed by atoms with Crippen molar-refractivity contribution >= 4 is 46.1 Å². The number of amides is 1. The second kappa shape index (κ2) is 5.61. The molecule has 88 valence electrons. The van der Waals surface area contributed by atoms with Crippen LogP contribution in [0.5, 0.6) is 0 Å². The van der Waals surface area contributed by atoms with Gasteiger partial charge in [0.1, 0.15) is 4.88 Å². The van der Waals surface area contributed by atoms with Crippen molar-refractivity contribution in [3.05, 3.63) is 21.3 Å². The molecule has 0 aromatic carbocycles. The third-order valence-corrected chi connectivity index (χ3v) is 3.92. The van der Waals surface area contributed by atoms with Gasteiger partial charge < -0.3 is 10.6 Å². The maximum absolute atomic E-state index is 12.0. The number of nitrogens with zero attached hydrogens (tertiary/aromatic N) is 1. The number of halogens is 1. The summed E-state index contributed by atoms with van der Waals surface area (Å²) in [6, 6.07) is 1.71. The van der Waals surface area contributed by atoms with Crippen molar-refractivity contribution in [2.75, 3.05) is 13.6 Å². The first-order valence-electron chi connectivity index (χ1n) is 4.71. The van der Waals surface area contributed by atoms with E-state index in [1.807, 2.05) is 6.92 Å². The molecule has 1 aromatic rings. The Morgan fingerprint density at radius 3 is 2.81 bits per heavy atom. The molecule has 1 aromatic heterocycles. The highest BCUT2D eigenvalue weighted by atomic mass is 35.5. The van der Waals surface area contributed by atoms with Crippen LogP contribution in [-0.2, 0) is 0 Å². The van der Waals surface area contributed by atoms with E-state index in [-0.39, 0.29) is 11.8 Å². The number of nitrogens with two attached hydrogens (primary N) is 1. The molecule has 0 aliphatic heterocycles. The van der Waals surface area contributed by atoms with E-state index in [0.29, 0.717) is 21.4 Å². The Hall–Kier alpha value is -0.650. The number of hydrogen-bond donors (Lipinski definition) is 1. The fraction of sp³-hybridized carbons (Fsp3) is 0.400. The molecule has 0 fully saturated rings. The predicted molar refractivity (Wildman–Crippen MR) is 72.2 cm³/mol. The van der Waals surface area contributed by atoms with Gasteiger partial charge in [0.05, 0.1) is 10.0 Å². The molecule has 1 rings (SSSR count). The van der Waals surface area contributed by atoms with Gasteiger partial charge >= 0.3 is 0 Å². The summed E-state index contributed by atoms with van der Waals surface area (Å²) in [6.45, 7) is 2.39. The highest BCUT2D eigenvalue weighted by Crippen LogP contribution is 2.23. The van der Waals surface area contributed by atoms with Crippen LogP contribution >= 0.6 is 35.2 Å². The van der Waals surface area contributed by atoms with Crippen LogP contribution in [-0.4, -0.2) is 29.4 Å². The molecule has 3 nitrogen and oxygen atoms in total. The molecule has 16 heavy (non-hydrogen) atoms. The molecule has 0 spiro atoms. The number of carbonyl (C=O) groups excluding carboxylic acids is 1. The van der Waals surface area contributed by atoms with Gasteiger partial charge in [-0.1, -0.05) is 30.7 Å². The Morgan fingerprint density at radius 2 is 2.38 bits per heavy atom. The van der Waals surface area contributed by atoms with Crippen LogP contribution in [0.1, 0.15) is 16.6 Å². The summed E-state index contributed by atoms with van der Waals surface area (Å²) in [4.78, 5) is 14.5. The first-order valence-corrected chi connectivity index (χ1v) is 6.37. The van der Waals surface area contributed by atoms with E-state index < -0.39 is 0 Å². The molecule has 0 saturated carbocycles. The number of carbonyl (C=O) groups is 1. The lowest BCUT2D eigenvalue weighted by molar-refractivity contribution is 0.0792. The minimum atomic E-state index is -0.0944. The third kappa shape index (κ3) is 3.17. The second-order valence-electron chi connectivity index (χ2n) is 3.59. The van der Waals surface area contributed by atoms with Gasteiger partial charge in [0.15, 0.2) is 0 Å². The summed E-state index contributed by atoms with van der Waals surface area (Å²) in [6.07, 6.45) is 0. The highest BCUT2D eigenvalue weighted by Gasteiger charge is 2.18. The SMILES string of the molecule is CC(CN(C)C(=O)c1sccc1Cl)C(N)=S. The van der Waals surface area contributed by atoms with Gasteiger partial charge in [-0.2, -0.15) is 0 Å². The molecule has 0 radical (unpaired) electrons. The lowest BCUT2D eigenvalue weighted by Gasteiger charge is -2.20. The maximum Gasteiger partial charge on any atom is 0.265 e. The zero-order valence-corrected chi connectivity index (χ0v) is 11.5. The first-order chi connectivity index (χ1) is 7.43. The van der Waals surface area contributed by atoms with Crippen LogP contribution in [0, 0.1) is 5.92 Å². The fourth-order valence-corrected chi connectivity index (χ4v) is 2.41. The van der Waals surface area contributed by atoms with E-state index in [9.17, 15) is 4.79 Å². The van der Waals surface area contributed by atoms with Gasteiger partial charge in [-0.25, -0.2) is 0 Å². The molecule has 1 atom stereocenters. The van der Waals surface area contributed by atoms with Crippen LogP contribution in [0.2, 0.25) is 5.02 Å². The Labute approximate surface area is 109 Å². The quantitative estimate of drug-likeness (QED) is 0.859. The van der Waals surface area contributed by atoms with Gasteiger partial charge in [-0.3, -0.25) is 4.79 Å². The summed E-state index contributed by atoms with van der Waals surface area (Å²) in [5.41, 5.74) is 5.50. The van der Waals surface area contributed by atoms with Crippen molar-refractivity contribution in [3.8, 4) is 0 Å². The molecule has 1 amide bonds. The largest absolute Gasteiger partial charge is 0.393 e. The Bertz CT molecular complexity index is 405. The van der Waals surface area contributed by atoms with E-state index in [1.165, 1.54) is 11.3 Å². The van der Waals surface area contributed by atoms with Crippen molar-refractivity contribution in [2.45, 2.75) is 6.92 Å². The lowest BCUT2D eigenvalue weighted by Crippen LogP contribution is -2.35. The smallest absolute Gasteiger partial charge is 0.265 e. The summed E-state index contributed by atoms with van der Waals surface area (Å²) in [5.74, 6) is -0.0919. The van der Waals surface area contributed by atoms with E-state index >= 15 is 0 Å². The van der Waals surface area contributed by atoms with Crippen LogP contribution < -0.4 is 5.73 Å². The molecule has 0 saturated heterocycles. The van der Waals surface area contributed by atoms with E-state index in [1.54, 1.807) is 23.4 Å². The second-order valence-corrected chi connectivity index (χ2v) is 5.38. The molecular formula is C10H13ClN2OS2. The van der Waals surface area contributed by atoms with Crippen molar-refractivity contribution in [1.82, 2.24) is 4.90 Å². The normalized spacial score (nSPS) is 12.2. The lowest BCUT2D eigenvalue weighted by atomic mass is 10.1. The van der Waals surface area contributed by atoms with E-state index in [4.69, 9.17) is 29.6 Å². The average Bonchev–Trinajstić information content (AvgIpc) is 2.62. The number of thiophene rings is 1. The summed E-state index contributed by atoms with van der Waals surface area (Å²) in [5, 5.41) is 2.28. The van der Waals surface area contributed by atoms with Crippen molar-refractivity contribution in [1.29, 1.82) is 0 Å². The van der Waals surface area contributed by atoms with Gasteiger partial charge in [0.2, 0.25) is 0 Å². The topological polar surface area (TPSA) is 46.3 Å². The minimum absolute atomic E-state index is 0.00249. The average molecular weight is 277 g/mol. The highest BCUT2D eigenvalue weighted by molar-refractivity contribution is 7.80. The van der Waals surface area contributed by atoms with Gasteiger partial charge in [0, 0.05) is 19.5 Å². The van der Waals surface area contributed by atoms with E-state index in [2.05, 4.69) is 0 Å². The van der Waals surface area contributed by atoms with Crippen molar-refractivity contribution in [2.24, 2.45) is 11.7 Å². The van der Waals surface area contributed by atoms with Crippen molar-refractivity contribution < 1.29 is 4.79 Å². The molecule has 0 aliphatic carbocycles. The van der Waals surface area contributed by atoms with Gasteiger partial charge in [-0.15, -0.1) is 11.3 Å². The molecule has 1 unspecified atom stereocenters. The predicted octanol–water partition coefficient (Wildman–Crippen LogP) is 2.40. The molecule has 0 aliphatic rings. The number of thiocarbonyl (C=S) groups is 1. The molecule has 6 heteroatoms. The first kappa shape index (κ1) is 13.4. The van der Waals surface area contributed by atoms with Crippen LogP contribution in [0.15, 0.2) is 11.4 Å². The molecule has 2 N–H and O–H groups in total. The van der Waals surface area contributed by atoms with Gasteiger partial charge in [-0.05, 0) is 11.4 Å². The summed E-state index contributed by atoms with van der Waals surface area (Å²) in [7, 11) is 1.72. The minimum Gasteiger partial charge on any atom is -0.393 e. The Morgan fingerprint density at radius 1 is 1.75 bits per heavy atom. The van der Waals surface area contributed by atoms with Crippen molar-refractivity contribution in [3.63, 3.8) is 0 Å². The fourth-order valence-electron chi connectivity index (χ4n) is 1.20. The standard InChI is InChI=1S/C10H13ClN2OS2/c1-6(9(12)15)5-13(2)10(14)8-7(11)3-4-16-8/h3-4,6H,5H2,1-2H3,(H2,12,15). The van der Waals surface area contributed by atoms with Crippen LogP contribution in [0.3, 0.4) is 0 Å². The maximum atomic E-state index is 12.0. The van der Waals surface area contributed by atoms with Crippen LogP contribution in [0.4, 0.5) is 0 Å². The monoisotopic (exact) mass is 276 g/mol. The van der Waals surface area contributed by atoms with E-state index in [0.717, 1.165) is 0 Å². The van der Waals surface area contributed by atoms with Gasteiger partial charge in [0.25, 0.3) is 5.91 Å². The molecular weight excluding hydrogens is 264 g/mol. The zero-order valence-electron chi connectivity index (χ0n) is 9.07. The van der Waals surface area contributed by atoms with Crippen LogP contribution in [0.25, 0.3) is 0 Å². The molecule has 0 bridgehead atoms.